The number of hydrogen-bond acceptors (Lipinski definition) is 7. The van der Waals surface area contributed by atoms with Gasteiger partial charge in [0.25, 0.3) is 5.56 Å². The van der Waals surface area contributed by atoms with Gasteiger partial charge in [0.05, 0.1) is 18.2 Å². The van der Waals surface area contributed by atoms with Crippen molar-refractivity contribution in [3.8, 4) is 0 Å². The fourth-order valence-electron chi connectivity index (χ4n) is 5.92. The smallest absolute Gasteiger partial charge is 0.253 e. The Morgan fingerprint density at radius 3 is 2.63 bits per heavy atom. The Balaban J connectivity index is 1.37. The zero-order chi connectivity index (χ0) is 26.2. The average molecular weight is 514 g/mol. The third kappa shape index (κ3) is 4.61. The van der Waals surface area contributed by atoms with Crippen molar-refractivity contribution in [3.05, 3.63) is 80.9 Å². The number of pyridine rings is 1. The lowest BCUT2D eigenvalue weighted by Gasteiger charge is -2.40. The molecule has 198 valence electrons. The molecule has 2 aromatic carbocycles. The average Bonchev–Trinajstić information content (AvgIpc) is 3.60. The highest BCUT2D eigenvalue weighted by Crippen LogP contribution is 2.31. The second-order valence-corrected chi connectivity index (χ2v) is 10.6. The molecule has 2 aromatic heterocycles. The summed E-state index contributed by atoms with van der Waals surface area (Å²) < 4.78 is 7.73. The van der Waals surface area contributed by atoms with Crippen LogP contribution in [0.2, 0.25) is 0 Å². The number of H-pyrrole nitrogens is 1. The molecule has 2 atom stereocenters. The lowest BCUT2D eigenvalue weighted by molar-refractivity contribution is 0.0906. The van der Waals surface area contributed by atoms with Crippen LogP contribution in [0.1, 0.15) is 47.0 Å². The molecular weight excluding hydrogens is 478 g/mol. The third-order valence-corrected chi connectivity index (χ3v) is 8.21. The number of hydrogen-bond donors (Lipinski definition) is 1. The Bertz CT molecular complexity index is 1500. The minimum Gasteiger partial charge on any atom is -0.376 e. The number of rotatable bonds is 6. The highest BCUT2D eigenvalue weighted by atomic mass is 16.5. The van der Waals surface area contributed by atoms with E-state index in [1.165, 1.54) is 16.8 Å². The number of aromatic amines is 1. The van der Waals surface area contributed by atoms with E-state index in [1.807, 2.05) is 35.9 Å². The molecule has 0 radical (unpaired) electrons. The SMILES string of the molecule is Cc1cccc(N2CCN(C(c3cc4cccc(C)c4[nH]c3=O)c3nnnn3CC3CCCO3)CC2)c1C. The molecule has 9 heteroatoms. The molecule has 0 spiro atoms. The van der Waals surface area contributed by atoms with Crippen molar-refractivity contribution in [1.29, 1.82) is 0 Å². The first kappa shape index (κ1) is 24.8. The summed E-state index contributed by atoms with van der Waals surface area (Å²) in [6.45, 7) is 11.0. The molecule has 0 amide bonds. The van der Waals surface area contributed by atoms with Crippen molar-refractivity contribution in [2.75, 3.05) is 37.7 Å². The van der Waals surface area contributed by atoms with Crippen LogP contribution in [-0.4, -0.2) is 69.0 Å². The topological polar surface area (TPSA) is 92.2 Å². The Kier molecular flexibility index (Phi) is 6.71. The summed E-state index contributed by atoms with van der Waals surface area (Å²) in [5.74, 6) is 0.693. The zero-order valence-corrected chi connectivity index (χ0v) is 22.4. The quantitative estimate of drug-likeness (QED) is 0.422. The van der Waals surface area contributed by atoms with Crippen molar-refractivity contribution in [1.82, 2.24) is 30.1 Å². The second-order valence-electron chi connectivity index (χ2n) is 10.6. The third-order valence-electron chi connectivity index (χ3n) is 8.21. The van der Waals surface area contributed by atoms with E-state index in [4.69, 9.17) is 4.74 Å². The predicted octanol–water partition coefficient (Wildman–Crippen LogP) is 3.53. The van der Waals surface area contributed by atoms with Gasteiger partial charge >= 0.3 is 0 Å². The van der Waals surface area contributed by atoms with E-state index in [9.17, 15) is 4.79 Å². The van der Waals surface area contributed by atoms with Gasteiger partial charge in [0.2, 0.25) is 0 Å². The van der Waals surface area contributed by atoms with Crippen LogP contribution < -0.4 is 10.5 Å². The van der Waals surface area contributed by atoms with Gasteiger partial charge in [-0.15, -0.1) is 5.10 Å². The number of nitrogens with one attached hydrogen (secondary N) is 1. The van der Waals surface area contributed by atoms with Gasteiger partial charge in [0, 0.05) is 44.0 Å². The number of nitrogens with zero attached hydrogens (tertiary/aromatic N) is 6. The Hall–Kier alpha value is -3.56. The maximum absolute atomic E-state index is 13.6. The van der Waals surface area contributed by atoms with Gasteiger partial charge < -0.3 is 14.6 Å². The second kappa shape index (κ2) is 10.3. The van der Waals surface area contributed by atoms with Gasteiger partial charge in [-0.1, -0.05) is 30.3 Å². The van der Waals surface area contributed by atoms with Crippen LogP contribution in [0.15, 0.2) is 47.3 Å². The first-order chi connectivity index (χ1) is 18.5. The van der Waals surface area contributed by atoms with E-state index in [2.05, 4.69) is 62.4 Å². The zero-order valence-electron chi connectivity index (χ0n) is 22.4. The molecule has 0 aliphatic carbocycles. The lowest BCUT2D eigenvalue weighted by Crippen LogP contribution is -2.49. The monoisotopic (exact) mass is 513 g/mol. The number of fused-ring (bicyclic) bond motifs is 1. The van der Waals surface area contributed by atoms with Crippen LogP contribution >= 0.6 is 0 Å². The van der Waals surface area contributed by atoms with E-state index in [1.54, 1.807) is 0 Å². The van der Waals surface area contributed by atoms with E-state index in [-0.39, 0.29) is 17.7 Å². The van der Waals surface area contributed by atoms with Gasteiger partial charge in [0.1, 0.15) is 6.04 Å². The summed E-state index contributed by atoms with van der Waals surface area (Å²) in [5, 5.41) is 13.9. The number of aromatic nitrogens is 5. The normalized spacial score (nSPS) is 19.3. The fraction of sp³-hybridized carbons (Fsp3) is 0.448. The Morgan fingerprint density at radius 1 is 1.05 bits per heavy atom. The molecule has 2 aliphatic rings. The van der Waals surface area contributed by atoms with Crippen LogP contribution in [0.5, 0.6) is 0 Å². The van der Waals surface area contributed by atoms with Gasteiger partial charge in [-0.05, 0) is 78.2 Å². The maximum atomic E-state index is 13.6. The molecule has 2 unspecified atom stereocenters. The first-order valence-corrected chi connectivity index (χ1v) is 13.5. The molecule has 4 aromatic rings. The summed E-state index contributed by atoms with van der Waals surface area (Å²) >= 11 is 0. The highest BCUT2D eigenvalue weighted by Gasteiger charge is 2.34. The molecule has 2 saturated heterocycles. The predicted molar refractivity (Wildman–Crippen MR) is 148 cm³/mol. The van der Waals surface area contributed by atoms with Crippen LogP contribution in [-0.2, 0) is 11.3 Å². The van der Waals surface area contributed by atoms with Crippen LogP contribution in [0.4, 0.5) is 5.69 Å². The number of benzene rings is 2. The summed E-state index contributed by atoms with van der Waals surface area (Å²) in [5.41, 5.74) is 6.40. The molecule has 4 heterocycles. The van der Waals surface area contributed by atoms with E-state index in [0.717, 1.165) is 62.1 Å². The summed E-state index contributed by atoms with van der Waals surface area (Å²) in [7, 11) is 0. The molecule has 6 rings (SSSR count). The highest BCUT2D eigenvalue weighted by molar-refractivity contribution is 5.82. The number of piperazine rings is 1. The summed E-state index contributed by atoms with van der Waals surface area (Å²) in [4.78, 5) is 21.5. The summed E-state index contributed by atoms with van der Waals surface area (Å²) in [6.07, 6.45) is 2.14. The fourth-order valence-corrected chi connectivity index (χ4v) is 5.92. The number of ether oxygens (including phenoxy) is 1. The largest absolute Gasteiger partial charge is 0.376 e. The van der Waals surface area contributed by atoms with Crippen molar-refractivity contribution in [3.63, 3.8) is 0 Å². The Labute approximate surface area is 222 Å². The molecule has 0 bridgehead atoms. The van der Waals surface area contributed by atoms with E-state index in [0.29, 0.717) is 17.9 Å². The van der Waals surface area contributed by atoms with Crippen LogP contribution in [0.3, 0.4) is 0 Å². The molecule has 38 heavy (non-hydrogen) atoms. The number of anilines is 1. The number of para-hydroxylation sites is 1. The van der Waals surface area contributed by atoms with Gasteiger partial charge in [0.15, 0.2) is 5.82 Å². The van der Waals surface area contributed by atoms with Crippen LogP contribution in [0, 0.1) is 20.8 Å². The summed E-state index contributed by atoms with van der Waals surface area (Å²) in [6, 6.07) is 14.2. The maximum Gasteiger partial charge on any atom is 0.253 e. The minimum atomic E-state index is -0.360. The van der Waals surface area contributed by atoms with Gasteiger partial charge in [-0.25, -0.2) is 4.68 Å². The van der Waals surface area contributed by atoms with Crippen molar-refractivity contribution in [2.45, 2.75) is 52.3 Å². The number of tetrazole rings is 1. The first-order valence-electron chi connectivity index (χ1n) is 13.5. The molecule has 2 aliphatic heterocycles. The lowest BCUT2D eigenvalue weighted by atomic mass is 10.0. The van der Waals surface area contributed by atoms with Gasteiger partial charge in [-0.3, -0.25) is 9.69 Å². The van der Waals surface area contributed by atoms with Crippen molar-refractivity contribution >= 4 is 16.6 Å². The van der Waals surface area contributed by atoms with Crippen molar-refractivity contribution in [2.24, 2.45) is 0 Å². The molecular formula is C29H35N7O2. The molecule has 0 saturated carbocycles. The molecule has 2 fully saturated rings. The minimum absolute atomic E-state index is 0.0941. The van der Waals surface area contributed by atoms with Crippen LogP contribution in [0.25, 0.3) is 10.9 Å². The van der Waals surface area contributed by atoms with E-state index < -0.39 is 0 Å². The van der Waals surface area contributed by atoms with Crippen molar-refractivity contribution < 1.29 is 4.74 Å². The Morgan fingerprint density at radius 2 is 1.84 bits per heavy atom. The molecule has 9 nitrogen and oxygen atoms in total. The number of aryl methyl sites for hydroxylation is 2. The van der Waals surface area contributed by atoms with Gasteiger partial charge in [-0.2, -0.15) is 0 Å². The van der Waals surface area contributed by atoms with E-state index >= 15 is 0 Å². The standard InChI is InChI=1S/C29H35N7O2/c1-19-7-5-11-25(21(19)3)34-12-14-35(15-13-34)27(28-31-32-33-36(28)18-23-10-6-16-38-23)24-17-22-9-4-8-20(2)26(22)30-29(24)37/h4-5,7-9,11,17,23,27H,6,10,12-16,18H2,1-3H3,(H,30,37). The molecule has 1 N–H and O–H groups in total.